The normalized spacial score (nSPS) is 12.8. The largest absolute Gasteiger partial charge is 0.383 e. The Morgan fingerprint density at radius 1 is 1.18 bits per heavy atom. The van der Waals surface area contributed by atoms with Gasteiger partial charge >= 0.3 is 0 Å². The summed E-state index contributed by atoms with van der Waals surface area (Å²) in [5, 5.41) is 3.19. The van der Waals surface area contributed by atoms with E-state index in [4.69, 9.17) is 4.74 Å². The Bertz CT molecular complexity index is 311. The highest BCUT2D eigenvalue weighted by molar-refractivity contribution is 5.42. The molecule has 3 heteroatoms. The quantitative estimate of drug-likeness (QED) is 0.733. The van der Waals surface area contributed by atoms with Crippen LogP contribution in [0, 0.1) is 11.7 Å². The van der Waals surface area contributed by atoms with Crippen molar-refractivity contribution in [3.63, 3.8) is 0 Å². The lowest BCUT2D eigenvalue weighted by atomic mass is 10.1. The molecule has 0 heterocycles. The van der Waals surface area contributed by atoms with Gasteiger partial charge in [0.05, 0.1) is 12.7 Å². The third kappa shape index (κ3) is 6.27. The molecular weight excluding hydrogens is 217 g/mol. The van der Waals surface area contributed by atoms with E-state index in [1.807, 2.05) is 0 Å². The summed E-state index contributed by atoms with van der Waals surface area (Å²) in [6, 6.07) is 6.36. The highest BCUT2D eigenvalue weighted by atomic mass is 19.1. The molecule has 0 aliphatic heterocycles. The number of ether oxygens (including phenoxy) is 1. The number of anilines is 1. The van der Waals surface area contributed by atoms with Crippen molar-refractivity contribution < 1.29 is 9.13 Å². The fourth-order valence-corrected chi connectivity index (χ4v) is 1.76. The first kappa shape index (κ1) is 14.0. The number of rotatable bonds is 7. The number of halogens is 1. The Balaban J connectivity index is 2.13. The van der Waals surface area contributed by atoms with E-state index in [9.17, 15) is 4.39 Å². The molecule has 0 bridgehead atoms. The van der Waals surface area contributed by atoms with Crippen molar-refractivity contribution in [2.75, 3.05) is 18.5 Å². The zero-order chi connectivity index (χ0) is 12.7. The van der Waals surface area contributed by atoms with Gasteiger partial charge in [-0.05, 0) is 43.5 Å². The van der Waals surface area contributed by atoms with Crippen LogP contribution in [-0.4, -0.2) is 19.3 Å². The maximum atomic E-state index is 12.6. The number of hydrogen-bond donors (Lipinski definition) is 1. The molecule has 1 N–H and O–H groups in total. The molecule has 0 aromatic heterocycles. The summed E-state index contributed by atoms with van der Waals surface area (Å²) in [6.07, 6.45) is 1.38. The number of benzene rings is 1. The minimum atomic E-state index is -0.211. The molecule has 1 aromatic rings. The Labute approximate surface area is 103 Å². The lowest BCUT2D eigenvalue weighted by Crippen LogP contribution is -2.17. The Morgan fingerprint density at radius 3 is 2.41 bits per heavy atom. The zero-order valence-corrected chi connectivity index (χ0v) is 10.9. The Hall–Kier alpha value is -1.09. The molecular formula is C14H22FNO. The van der Waals surface area contributed by atoms with Gasteiger partial charge in [-0.25, -0.2) is 4.39 Å². The molecule has 0 aliphatic rings. The monoisotopic (exact) mass is 239 g/mol. The molecule has 1 rings (SSSR count). The van der Waals surface area contributed by atoms with Gasteiger partial charge in [-0.3, -0.25) is 0 Å². The standard InChI is InChI=1S/C14H22FNO/c1-11(2)10-12(3)17-9-8-16-14-6-4-13(15)5-7-14/h4-7,11-12,16H,8-10H2,1-3H3. The van der Waals surface area contributed by atoms with E-state index in [0.29, 0.717) is 18.6 Å². The van der Waals surface area contributed by atoms with E-state index in [1.165, 1.54) is 12.1 Å². The van der Waals surface area contributed by atoms with Crippen molar-refractivity contribution in [1.82, 2.24) is 0 Å². The lowest BCUT2D eigenvalue weighted by molar-refractivity contribution is 0.0591. The van der Waals surface area contributed by atoms with E-state index < -0.39 is 0 Å². The molecule has 2 nitrogen and oxygen atoms in total. The maximum Gasteiger partial charge on any atom is 0.123 e. The van der Waals surface area contributed by atoms with E-state index in [1.54, 1.807) is 12.1 Å². The molecule has 1 atom stereocenters. The highest BCUT2D eigenvalue weighted by Gasteiger charge is 2.04. The Morgan fingerprint density at radius 2 is 1.82 bits per heavy atom. The second-order valence-corrected chi connectivity index (χ2v) is 4.74. The van der Waals surface area contributed by atoms with Gasteiger partial charge in [0.25, 0.3) is 0 Å². The molecule has 0 fully saturated rings. The van der Waals surface area contributed by atoms with Crippen LogP contribution in [0.2, 0.25) is 0 Å². The summed E-state index contributed by atoms with van der Waals surface area (Å²) in [5.74, 6) is 0.451. The topological polar surface area (TPSA) is 21.3 Å². The average molecular weight is 239 g/mol. The summed E-state index contributed by atoms with van der Waals surface area (Å²) in [4.78, 5) is 0. The zero-order valence-electron chi connectivity index (χ0n) is 10.9. The third-order valence-corrected chi connectivity index (χ3v) is 2.48. The predicted octanol–water partition coefficient (Wildman–Crippen LogP) is 3.69. The van der Waals surface area contributed by atoms with Crippen molar-refractivity contribution in [2.45, 2.75) is 33.3 Å². The maximum absolute atomic E-state index is 12.6. The molecule has 1 aromatic carbocycles. The van der Waals surface area contributed by atoms with Crippen molar-refractivity contribution in [3.8, 4) is 0 Å². The third-order valence-electron chi connectivity index (χ3n) is 2.48. The van der Waals surface area contributed by atoms with Crippen LogP contribution >= 0.6 is 0 Å². The lowest BCUT2D eigenvalue weighted by Gasteiger charge is -2.15. The van der Waals surface area contributed by atoms with Crippen LogP contribution in [0.15, 0.2) is 24.3 Å². The minimum absolute atomic E-state index is 0.211. The molecule has 0 aliphatic carbocycles. The summed E-state index contributed by atoms with van der Waals surface area (Å²) in [7, 11) is 0. The molecule has 0 saturated heterocycles. The van der Waals surface area contributed by atoms with Crippen molar-refractivity contribution in [2.24, 2.45) is 5.92 Å². The average Bonchev–Trinajstić information content (AvgIpc) is 2.26. The van der Waals surface area contributed by atoms with Crippen LogP contribution < -0.4 is 5.32 Å². The molecule has 17 heavy (non-hydrogen) atoms. The van der Waals surface area contributed by atoms with Crippen LogP contribution in [0.25, 0.3) is 0 Å². The molecule has 0 radical (unpaired) electrons. The van der Waals surface area contributed by atoms with Crippen molar-refractivity contribution in [3.05, 3.63) is 30.1 Å². The van der Waals surface area contributed by atoms with Gasteiger partial charge in [0.1, 0.15) is 5.82 Å². The first-order valence-electron chi connectivity index (χ1n) is 6.19. The summed E-state index contributed by atoms with van der Waals surface area (Å²) >= 11 is 0. The van der Waals surface area contributed by atoms with Gasteiger partial charge in [-0.2, -0.15) is 0 Å². The van der Waals surface area contributed by atoms with Crippen LogP contribution in [0.1, 0.15) is 27.2 Å². The van der Waals surface area contributed by atoms with Gasteiger partial charge in [0.2, 0.25) is 0 Å². The fraction of sp³-hybridized carbons (Fsp3) is 0.571. The predicted molar refractivity (Wildman–Crippen MR) is 69.8 cm³/mol. The molecule has 96 valence electrons. The minimum Gasteiger partial charge on any atom is -0.383 e. The van der Waals surface area contributed by atoms with Gasteiger partial charge in [0.15, 0.2) is 0 Å². The van der Waals surface area contributed by atoms with E-state index in [-0.39, 0.29) is 5.82 Å². The smallest absolute Gasteiger partial charge is 0.123 e. The molecule has 1 unspecified atom stereocenters. The molecule has 0 amide bonds. The van der Waals surface area contributed by atoms with Crippen LogP contribution in [0.3, 0.4) is 0 Å². The number of nitrogens with one attached hydrogen (secondary N) is 1. The van der Waals surface area contributed by atoms with Crippen molar-refractivity contribution in [1.29, 1.82) is 0 Å². The van der Waals surface area contributed by atoms with Crippen LogP contribution in [0.5, 0.6) is 0 Å². The van der Waals surface area contributed by atoms with Gasteiger partial charge < -0.3 is 10.1 Å². The van der Waals surface area contributed by atoms with Crippen LogP contribution in [-0.2, 0) is 4.74 Å². The van der Waals surface area contributed by atoms with Gasteiger partial charge in [-0.1, -0.05) is 13.8 Å². The summed E-state index contributed by atoms with van der Waals surface area (Å²) in [5.41, 5.74) is 0.923. The molecule has 0 spiro atoms. The van der Waals surface area contributed by atoms with Gasteiger partial charge in [-0.15, -0.1) is 0 Å². The van der Waals surface area contributed by atoms with E-state index in [0.717, 1.165) is 18.7 Å². The highest BCUT2D eigenvalue weighted by Crippen LogP contribution is 2.09. The second kappa shape index (κ2) is 7.28. The van der Waals surface area contributed by atoms with Crippen LogP contribution in [0.4, 0.5) is 10.1 Å². The van der Waals surface area contributed by atoms with Crippen molar-refractivity contribution >= 4 is 5.69 Å². The first-order chi connectivity index (χ1) is 8.08. The van der Waals surface area contributed by atoms with Gasteiger partial charge in [0, 0.05) is 12.2 Å². The Kier molecular flexibility index (Phi) is 5.98. The summed E-state index contributed by atoms with van der Waals surface area (Å²) < 4.78 is 18.3. The summed E-state index contributed by atoms with van der Waals surface area (Å²) in [6.45, 7) is 7.89. The van der Waals surface area contributed by atoms with E-state index in [2.05, 4.69) is 26.1 Å². The fourth-order valence-electron chi connectivity index (χ4n) is 1.76. The first-order valence-corrected chi connectivity index (χ1v) is 6.19. The SMILES string of the molecule is CC(C)CC(C)OCCNc1ccc(F)cc1. The van der Waals surface area contributed by atoms with E-state index >= 15 is 0 Å². The second-order valence-electron chi connectivity index (χ2n) is 4.74. The number of hydrogen-bond acceptors (Lipinski definition) is 2. The molecule has 0 saturated carbocycles.